The molecule has 0 bridgehead atoms. The fourth-order valence-corrected chi connectivity index (χ4v) is 2.32. The lowest BCUT2D eigenvalue weighted by molar-refractivity contribution is 0.211. The summed E-state index contributed by atoms with van der Waals surface area (Å²) in [6, 6.07) is 12.1. The number of benzene rings is 1. The van der Waals surface area contributed by atoms with E-state index in [1.165, 1.54) is 34.9 Å². The van der Waals surface area contributed by atoms with Crippen LogP contribution in [0.4, 0.5) is 4.39 Å². The number of halogens is 2. The standard InChI is InChI=1S/C18H14ClFN2O3/c19-16-2-1-8-21-18(16)25-11-10-24-15-7-9-22(17(23)12-15)14-5-3-13(20)4-6-14/h1-9,12H,10-11H2. The highest BCUT2D eigenvalue weighted by Crippen LogP contribution is 2.19. The van der Waals surface area contributed by atoms with E-state index in [2.05, 4.69) is 4.98 Å². The maximum Gasteiger partial charge on any atom is 0.258 e. The number of pyridine rings is 2. The molecule has 1 aromatic carbocycles. The van der Waals surface area contributed by atoms with Crippen molar-refractivity contribution < 1.29 is 13.9 Å². The Morgan fingerprint density at radius 3 is 2.56 bits per heavy atom. The normalized spacial score (nSPS) is 10.5. The summed E-state index contributed by atoms with van der Waals surface area (Å²) in [7, 11) is 0. The molecule has 128 valence electrons. The fraction of sp³-hybridized carbons (Fsp3) is 0.111. The van der Waals surface area contributed by atoms with Crippen molar-refractivity contribution in [2.45, 2.75) is 0 Å². The van der Waals surface area contributed by atoms with Gasteiger partial charge in [0.15, 0.2) is 0 Å². The van der Waals surface area contributed by atoms with Crippen molar-refractivity contribution in [1.29, 1.82) is 0 Å². The summed E-state index contributed by atoms with van der Waals surface area (Å²) in [5.41, 5.74) is 0.295. The molecular weight excluding hydrogens is 347 g/mol. The van der Waals surface area contributed by atoms with Crippen LogP contribution in [0.3, 0.4) is 0 Å². The van der Waals surface area contributed by atoms with Gasteiger partial charge in [0.05, 0.1) is 0 Å². The number of nitrogens with zero attached hydrogens (tertiary/aromatic N) is 2. The summed E-state index contributed by atoms with van der Waals surface area (Å²) < 4.78 is 25.3. The fourth-order valence-electron chi connectivity index (χ4n) is 2.14. The minimum atomic E-state index is -0.357. The minimum absolute atomic E-state index is 0.229. The van der Waals surface area contributed by atoms with E-state index in [4.69, 9.17) is 21.1 Å². The average molecular weight is 361 g/mol. The Balaban J connectivity index is 1.59. The lowest BCUT2D eigenvalue weighted by Crippen LogP contribution is -2.17. The first-order chi connectivity index (χ1) is 12.1. The molecule has 0 fully saturated rings. The molecule has 2 aromatic heterocycles. The zero-order valence-electron chi connectivity index (χ0n) is 13.1. The maximum atomic E-state index is 13.0. The third kappa shape index (κ3) is 4.36. The number of hydrogen-bond acceptors (Lipinski definition) is 4. The van der Waals surface area contributed by atoms with E-state index in [1.54, 1.807) is 30.6 Å². The van der Waals surface area contributed by atoms with E-state index in [9.17, 15) is 9.18 Å². The molecule has 0 atom stereocenters. The van der Waals surface area contributed by atoms with Crippen molar-refractivity contribution >= 4 is 11.6 Å². The highest BCUT2D eigenvalue weighted by atomic mass is 35.5. The molecular formula is C18H14ClFN2O3. The average Bonchev–Trinajstić information content (AvgIpc) is 2.61. The molecule has 0 unspecified atom stereocenters. The first-order valence-electron chi connectivity index (χ1n) is 7.48. The lowest BCUT2D eigenvalue weighted by Gasteiger charge is -2.10. The molecule has 0 aliphatic rings. The van der Waals surface area contributed by atoms with Crippen molar-refractivity contribution in [2.75, 3.05) is 13.2 Å². The predicted octanol–water partition coefficient (Wildman–Crippen LogP) is 3.48. The zero-order chi connectivity index (χ0) is 17.6. The number of aromatic nitrogens is 2. The van der Waals surface area contributed by atoms with Crippen molar-refractivity contribution in [3.05, 3.63) is 82.1 Å². The van der Waals surface area contributed by atoms with E-state index in [1.807, 2.05) is 0 Å². The summed E-state index contributed by atoms with van der Waals surface area (Å²) in [6.07, 6.45) is 3.15. The van der Waals surface area contributed by atoms with Crippen LogP contribution in [0.25, 0.3) is 5.69 Å². The Bertz CT molecular complexity index is 913. The van der Waals surface area contributed by atoms with E-state index >= 15 is 0 Å². The molecule has 0 aliphatic carbocycles. The van der Waals surface area contributed by atoms with Crippen molar-refractivity contribution in [1.82, 2.24) is 9.55 Å². The van der Waals surface area contributed by atoms with Crippen LogP contribution in [0.1, 0.15) is 0 Å². The first-order valence-corrected chi connectivity index (χ1v) is 7.86. The largest absolute Gasteiger partial charge is 0.490 e. The lowest BCUT2D eigenvalue weighted by atomic mass is 10.3. The molecule has 7 heteroatoms. The van der Waals surface area contributed by atoms with Gasteiger partial charge in [0.2, 0.25) is 5.88 Å². The summed E-state index contributed by atoms with van der Waals surface area (Å²) in [6.45, 7) is 0.463. The molecule has 0 amide bonds. The molecule has 0 spiro atoms. The van der Waals surface area contributed by atoms with Gasteiger partial charge in [-0.15, -0.1) is 0 Å². The SMILES string of the molecule is O=c1cc(OCCOc2ncccc2Cl)ccn1-c1ccc(F)cc1. The maximum absolute atomic E-state index is 13.0. The Morgan fingerprint density at radius 2 is 1.84 bits per heavy atom. The summed E-state index contributed by atoms with van der Waals surface area (Å²) in [5.74, 6) is 0.392. The van der Waals surface area contributed by atoms with Gasteiger partial charge < -0.3 is 9.47 Å². The molecule has 0 radical (unpaired) electrons. The smallest absolute Gasteiger partial charge is 0.258 e. The molecule has 3 aromatic rings. The summed E-state index contributed by atoms with van der Waals surface area (Å²) in [5, 5.41) is 0.421. The van der Waals surface area contributed by atoms with Crippen LogP contribution in [0.2, 0.25) is 5.02 Å². The van der Waals surface area contributed by atoms with Crippen LogP contribution < -0.4 is 15.0 Å². The van der Waals surface area contributed by atoms with Crippen molar-refractivity contribution in [3.63, 3.8) is 0 Å². The first kappa shape index (κ1) is 17.0. The second-order valence-electron chi connectivity index (χ2n) is 5.03. The van der Waals surface area contributed by atoms with Gasteiger partial charge in [0.25, 0.3) is 5.56 Å². The molecule has 5 nitrogen and oxygen atoms in total. The second kappa shape index (κ2) is 7.81. The predicted molar refractivity (Wildman–Crippen MR) is 92.2 cm³/mol. The van der Waals surface area contributed by atoms with Gasteiger partial charge in [-0.25, -0.2) is 9.37 Å². The van der Waals surface area contributed by atoms with Gasteiger partial charge in [-0.3, -0.25) is 9.36 Å². The molecule has 2 heterocycles. The molecule has 3 rings (SSSR count). The Kier molecular flexibility index (Phi) is 5.30. The quantitative estimate of drug-likeness (QED) is 0.631. The Hall–Kier alpha value is -2.86. The Labute approximate surface area is 148 Å². The van der Waals surface area contributed by atoms with Crippen LogP contribution in [-0.4, -0.2) is 22.8 Å². The monoisotopic (exact) mass is 360 g/mol. The van der Waals surface area contributed by atoms with Crippen LogP contribution in [-0.2, 0) is 0 Å². The zero-order valence-corrected chi connectivity index (χ0v) is 13.8. The van der Waals surface area contributed by atoms with Gasteiger partial charge in [-0.1, -0.05) is 11.6 Å². The molecule has 0 N–H and O–H groups in total. The molecule has 0 aliphatic heterocycles. The van der Waals surface area contributed by atoms with Gasteiger partial charge in [0, 0.05) is 24.1 Å². The van der Waals surface area contributed by atoms with Crippen LogP contribution in [0.5, 0.6) is 11.6 Å². The van der Waals surface area contributed by atoms with Crippen molar-refractivity contribution in [3.8, 4) is 17.3 Å². The topological polar surface area (TPSA) is 53.4 Å². The highest BCUT2D eigenvalue weighted by Gasteiger charge is 2.04. The molecule has 0 saturated carbocycles. The van der Waals surface area contributed by atoms with Crippen LogP contribution >= 0.6 is 11.6 Å². The van der Waals surface area contributed by atoms with E-state index in [0.717, 1.165) is 0 Å². The molecule has 0 saturated heterocycles. The van der Waals surface area contributed by atoms with Gasteiger partial charge >= 0.3 is 0 Å². The molecule has 25 heavy (non-hydrogen) atoms. The van der Waals surface area contributed by atoms with Crippen LogP contribution in [0.15, 0.2) is 65.7 Å². The third-order valence-electron chi connectivity index (χ3n) is 3.31. The van der Waals surface area contributed by atoms with Gasteiger partial charge in [-0.05, 0) is 42.5 Å². The summed E-state index contributed by atoms with van der Waals surface area (Å²) in [4.78, 5) is 16.2. The van der Waals surface area contributed by atoms with E-state index < -0.39 is 0 Å². The van der Waals surface area contributed by atoms with Crippen LogP contribution in [0, 0.1) is 5.82 Å². The van der Waals surface area contributed by atoms with Gasteiger partial charge in [0.1, 0.15) is 29.8 Å². The highest BCUT2D eigenvalue weighted by molar-refractivity contribution is 6.31. The number of ether oxygens (including phenoxy) is 2. The van der Waals surface area contributed by atoms with E-state index in [-0.39, 0.29) is 24.6 Å². The number of rotatable bonds is 6. The van der Waals surface area contributed by atoms with Crippen molar-refractivity contribution in [2.24, 2.45) is 0 Å². The van der Waals surface area contributed by atoms with E-state index in [0.29, 0.717) is 22.3 Å². The number of hydrogen-bond donors (Lipinski definition) is 0. The van der Waals surface area contributed by atoms with Gasteiger partial charge in [-0.2, -0.15) is 0 Å². The minimum Gasteiger partial charge on any atom is -0.490 e. The summed E-state index contributed by atoms with van der Waals surface area (Å²) >= 11 is 5.93. The second-order valence-corrected chi connectivity index (χ2v) is 5.44. The Morgan fingerprint density at radius 1 is 1.08 bits per heavy atom. The third-order valence-corrected chi connectivity index (χ3v) is 3.60.